The Labute approximate surface area is 316 Å². The van der Waals surface area contributed by atoms with E-state index in [0.29, 0.717) is 13.0 Å². The van der Waals surface area contributed by atoms with Gasteiger partial charge < -0.3 is 25.2 Å². The van der Waals surface area contributed by atoms with E-state index < -0.39 is 45.1 Å². The molecular formula is C41H74NO9P. The Morgan fingerprint density at radius 3 is 1.62 bits per heavy atom. The maximum atomic E-state index is 12.6. The number of carboxylic acid groups (broad SMARTS) is 1. The van der Waals surface area contributed by atoms with Crippen molar-refractivity contribution in [2.45, 2.75) is 174 Å². The molecule has 0 fully saturated rings. The second kappa shape index (κ2) is 37.3. The van der Waals surface area contributed by atoms with Crippen LogP contribution in [-0.4, -0.2) is 60.5 Å². The van der Waals surface area contributed by atoms with Gasteiger partial charge in [0.15, 0.2) is 0 Å². The van der Waals surface area contributed by atoms with Gasteiger partial charge in [0.2, 0.25) is 0 Å². The van der Waals surface area contributed by atoms with Crippen LogP contribution in [0.3, 0.4) is 0 Å². The quantitative estimate of drug-likeness (QED) is 0.0240. The SMILES string of the molecule is CCCC/C=C\C/C=C\CCCCCCCCOCC(COP(=O)(O)OCC(N)C(=O)O)OC(=O)CCCCCCC/C=C\C/C=C\CCCCC. The van der Waals surface area contributed by atoms with Gasteiger partial charge in [-0.05, 0) is 70.6 Å². The van der Waals surface area contributed by atoms with Crippen molar-refractivity contribution in [1.29, 1.82) is 0 Å². The maximum absolute atomic E-state index is 12.6. The third-order valence-corrected chi connectivity index (χ3v) is 9.28. The zero-order chi connectivity index (χ0) is 38.4. The lowest BCUT2D eigenvalue weighted by Gasteiger charge is -2.20. The third-order valence-electron chi connectivity index (χ3n) is 8.33. The number of ether oxygens (including phenoxy) is 2. The molecule has 0 heterocycles. The number of carbonyl (C=O) groups is 2. The molecule has 3 atom stereocenters. The predicted molar refractivity (Wildman–Crippen MR) is 212 cm³/mol. The number of carbonyl (C=O) groups excluding carboxylic acids is 1. The number of aliphatic carboxylic acids is 1. The Hall–Kier alpha value is -2.07. The number of nitrogens with two attached hydrogens (primary N) is 1. The number of carboxylic acids is 1. The lowest BCUT2D eigenvalue weighted by Crippen LogP contribution is -2.34. The molecule has 0 rings (SSSR count). The van der Waals surface area contributed by atoms with Gasteiger partial charge >= 0.3 is 19.8 Å². The largest absolute Gasteiger partial charge is 0.480 e. The summed E-state index contributed by atoms with van der Waals surface area (Å²) in [6.45, 7) is 3.76. The number of hydrogen-bond acceptors (Lipinski definition) is 8. The molecule has 0 aromatic rings. The molecule has 0 bridgehead atoms. The first kappa shape index (κ1) is 49.9. The van der Waals surface area contributed by atoms with E-state index in [9.17, 15) is 19.0 Å². The minimum atomic E-state index is -4.62. The van der Waals surface area contributed by atoms with Gasteiger partial charge in [-0.3, -0.25) is 18.6 Å². The fourth-order valence-corrected chi connectivity index (χ4v) is 5.90. The Kier molecular flexibility index (Phi) is 35.8. The number of esters is 1. The molecule has 0 aliphatic heterocycles. The summed E-state index contributed by atoms with van der Waals surface area (Å²) < 4.78 is 33.2. The van der Waals surface area contributed by atoms with Crippen LogP contribution in [0.25, 0.3) is 0 Å². The molecule has 0 aliphatic rings. The van der Waals surface area contributed by atoms with Crippen LogP contribution < -0.4 is 5.73 Å². The fraction of sp³-hybridized carbons (Fsp3) is 0.756. The standard InChI is InChI=1S/C41H74NO9P/c1-3-5-7-9-11-13-15-17-19-21-23-25-27-29-31-33-40(43)51-38(36-49-52(46,47)50-37-39(42)41(44)45)35-48-34-32-30-28-26-24-22-20-18-16-14-12-10-8-6-4-2/h10-13,16-19,38-39H,3-9,14-15,20-37,42H2,1-2H3,(H,44,45)(H,46,47)/b12-10-,13-11-,18-16-,19-17-. The normalized spacial score (nSPS) is 14.5. The van der Waals surface area contributed by atoms with Gasteiger partial charge in [-0.25, -0.2) is 4.57 Å². The van der Waals surface area contributed by atoms with Gasteiger partial charge in [-0.1, -0.05) is 133 Å². The number of hydrogen-bond donors (Lipinski definition) is 3. The highest BCUT2D eigenvalue weighted by Gasteiger charge is 2.27. The second-order valence-corrected chi connectivity index (χ2v) is 14.9. The highest BCUT2D eigenvalue weighted by Crippen LogP contribution is 2.43. The summed E-state index contributed by atoms with van der Waals surface area (Å²) in [6.07, 6.45) is 41.5. The van der Waals surface area contributed by atoms with Crippen LogP contribution in [0.1, 0.15) is 162 Å². The van der Waals surface area contributed by atoms with E-state index in [1.54, 1.807) is 0 Å². The number of phosphoric acid groups is 1. The number of unbranched alkanes of at least 4 members (excludes halogenated alkanes) is 16. The molecule has 10 nitrogen and oxygen atoms in total. The molecule has 11 heteroatoms. The maximum Gasteiger partial charge on any atom is 0.472 e. The van der Waals surface area contributed by atoms with Crippen LogP contribution in [0.2, 0.25) is 0 Å². The van der Waals surface area contributed by atoms with E-state index in [1.807, 2.05) is 0 Å². The van der Waals surface area contributed by atoms with Crippen LogP contribution >= 0.6 is 7.82 Å². The average Bonchev–Trinajstić information content (AvgIpc) is 3.12. The number of phosphoric ester groups is 1. The summed E-state index contributed by atoms with van der Waals surface area (Å²) in [5, 5.41) is 8.88. The molecule has 52 heavy (non-hydrogen) atoms. The highest BCUT2D eigenvalue weighted by atomic mass is 31.2. The lowest BCUT2D eigenvalue weighted by atomic mass is 10.1. The molecule has 0 amide bonds. The topological polar surface area (TPSA) is 155 Å². The lowest BCUT2D eigenvalue weighted by molar-refractivity contribution is -0.154. The van der Waals surface area contributed by atoms with Crippen molar-refractivity contribution >= 4 is 19.8 Å². The smallest absolute Gasteiger partial charge is 0.472 e. The summed E-state index contributed by atoms with van der Waals surface area (Å²) in [7, 11) is -4.62. The molecule has 0 spiro atoms. The average molecular weight is 756 g/mol. The van der Waals surface area contributed by atoms with Gasteiger partial charge in [0.25, 0.3) is 0 Å². The van der Waals surface area contributed by atoms with Crippen molar-refractivity contribution in [3.63, 3.8) is 0 Å². The highest BCUT2D eigenvalue weighted by molar-refractivity contribution is 7.47. The van der Waals surface area contributed by atoms with Gasteiger partial charge in [-0.2, -0.15) is 0 Å². The Balaban J connectivity index is 4.33. The Morgan fingerprint density at radius 1 is 0.615 bits per heavy atom. The number of rotatable bonds is 38. The molecule has 0 aromatic carbocycles. The molecule has 0 aliphatic carbocycles. The minimum Gasteiger partial charge on any atom is -0.480 e. The Morgan fingerprint density at radius 2 is 1.08 bits per heavy atom. The minimum absolute atomic E-state index is 0.00265. The van der Waals surface area contributed by atoms with Crippen LogP contribution in [-0.2, 0) is 32.7 Å². The van der Waals surface area contributed by atoms with Gasteiger partial charge in [0, 0.05) is 13.0 Å². The fourth-order valence-electron chi connectivity index (χ4n) is 5.12. The summed E-state index contributed by atoms with van der Waals surface area (Å²) in [6, 6.07) is -1.48. The van der Waals surface area contributed by atoms with E-state index >= 15 is 0 Å². The van der Waals surface area contributed by atoms with Crippen molar-refractivity contribution in [1.82, 2.24) is 0 Å². The van der Waals surface area contributed by atoms with Crippen LogP contribution in [0.15, 0.2) is 48.6 Å². The van der Waals surface area contributed by atoms with E-state index in [2.05, 4.69) is 62.5 Å². The van der Waals surface area contributed by atoms with Crippen molar-refractivity contribution in [2.24, 2.45) is 5.73 Å². The molecular weight excluding hydrogens is 681 g/mol. The first-order valence-corrected chi connectivity index (χ1v) is 21.7. The monoisotopic (exact) mass is 756 g/mol. The van der Waals surface area contributed by atoms with Crippen molar-refractivity contribution in [3.05, 3.63) is 48.6 Å². The van der Waals surface area contributed by atoms with Crippen molar-refractivity contribution in [2.75, 3.05) is 26.4 Å². The van der Waals surface area contributed by atoms with Gasteiger partial charge in [-0.15, -0.1) is 0 Å². The van der Waals surface area contributed by atoms with Crippen LogP contribution in [0.5, 0.6) is 0 Å². The van der Waals surface area contributed by atoms with E-state index in [0.717, 1.165) is 70.6 Å². The van der Waals surface area contributed by atoms with Crippen LogP contribution in [0.4, 0.5) is 0 Å². The first-order valence-electron chi connectivity index (χ1n) is 20.2. The predicted octanol–water partition coefficient (Wildman–Crippen LogP) is 10.7. The van der Waals surface area contributed by atoms with Gasteiger partial charge in [0.05, 0.1) is 19.8 Å². The van der Waals surface area contributed by atoms with Gasteiger partial charge in [0.1, 0.15) is 12.1 Å². The second-order valence-electron chi connectivity index (χ2n) is 13.4. The molecule has 302 valence electrons. The third kappa shape index (κ3) is 36.3. The summed E-state index contributed by atoms with van der Waals surface area (Å²) in [4.78, 5) is 33.4. The van der Waals surface area contributed by atoms with Crippen molar-refractivity contribution in [3.8, 4) is 0 Å². The molecule has 0 radical (unpaired) electrons. The molecule has 4 N–H and O–H groups in total. The van der Waals surface area contributed by atoms with Crippen molar-refractivity contribution < 1.29 is 42.7 Å². The van der Waals surface area contributed by atoms with Crippen LogP contribution in [0, 0.1) is 0 Å². The zero-order valence-electron chi connectivity index (χ0n) is 32.6. The summed E-state index contributed by atoms with van der Waals surface area (Å²) in [5.74, 6) is -1.80. The summed E-state index contributed by atoms with van der Waals surface area (Å²) >= 11 is 0. The summed E-state index contributed by atoms with van der Waals surface area (Å²) in [5.41, 5.74) is 5.34. The first-order chi connectivity index (χ1) is 25.2. The Bertz CT molecular complexity index is 1010. The van der Waals surface area contributed by atoms with E-state index in [1.165, 1.54) is 64.2 Å². The number of allylic oxidation sites excluding steroid dienone is 8. The zero-order valence-corrected chi connectivity index (χ0v) is 33.5. The molecule has 3 unspecified atom stereocenters. The molecule has 0 saturated carbocycles. The molecule has 0 saturated heterocycles. The van der Waals surface area contributed by atoms with E-state index in [4.69, 9.17) is 29.4 Å². The van der Waals surface area contributed by atoms with E-state index in [-0.39, 0.29) is 13.0 Å². The molecule has 0 aromatic heterocycles.